The van der Waals surface area contributed by atoms with Crippen LogP contribution in [0.15, 0.2) is 35.5 Å². The van der Waals surface area contributed by atoms with E-state index in [1.165, 1.54) is 15.2 Å². The van der Waals surface area contributed by atoms with Crippen molar-refractivity contribution >= 4 is 33.2 Å². The molecule has 1 aromatic heterocycles. The van der Waals surface area contributed by atoms with Crippen LogP contribution >= 0.6 is 11.6 Å². The first-order valence-corrected chi connectivity index (χ1v) is 10.9. The van der Waals surface area contributed by atoms with Crippen LogP contribution in [0.2, 0.25) is 5.02 Å². The highest BCUT2D eigenvalue weighted by molar-refractivity contribution is 7.89. The van der Waals surface area contributed by atoms with E-state index in [-0.39, 0.29) is 22.5 Å². The van der Waals surface area contributed by atoms with Gasteiger partial charge in [-0.3, -0.25) is 9.48 Å². The lowest BCUT2D eigenvalue weighted by Crippen LogP contribution is -2.49. The number of para-hydroxylation sites is 1. The fraction of sp³-hybridized carbons (Fsp3) is 0.444. The molecule has 0 spiro atoms. The molecule has 0 aliphatic carbocycles. The van der Waals surface area contributed by atoms with Crippen LogP contribution in [0.25, 0.3) is 0 Å². The maximum atomic E-state index is 13.2. The molecule has 10 heteroatoms. The molecule has 1 atom stereocenters. The number of hydrogen-bond acceptors (Lipinski definition) is 5. The number of halogens is 1. The summed E-state index contributed by atoms with van der Waals surface area (Å²) in [5.41, 5.74) is 1.03. The molecule has 0 unspecified atom stereocenters. The van der Waals surface area contributed by atoms with E-state index in [0.29, 0.717) is 37.7 Å². The van der Waals surface area contributed by atoms with Gasteiger partial charge in [-0.15, -0.1) is 0 Å². The third kappa shape index (κ3) is 3.38. The number of carbonyl (C=O) groups excluding carboxylic acids is 1. The Hall–Kier alpha value is -2.10. The third-order valence-electron chi connectivity index (χ3n) is 5.16. The molecule has 0 radical (unpaired) electrons. The molecule has 8 nitrogen and oxygen atoms in total. The Bertz CT molecular complexity index is 1010. The molecule has 28 heavy (non-hydrogen) atoms. The smallest absolute Gasteiger partial charge is 0.263 e. The van der Waals surface area contributed by atoms with Crippen molar-refractivity contribution < 1.29 is 13.2 Å². The summed E-state index contributed by atoms with van der Waals surface area (Å²) in [5.74, 6) is -0.283. The summed E-state index contributed by atoms with van der Waals surface area (Å²) in [4.78, 5) is 16.3. The van der Waals surface area contributed by atoms with E-state index < -0.39 is 10.0 Å². The average molecular weight is 424 g/mol. The molecule has 1 amide bonds. The van der Waals surface area contributed by atoms with Crippen molar-refractivity contribution in [2.24, 2.45) is 7.05 Å². The van der Waals surface area contributed by atoms with Gasteiger partial charge in [-0.2, -0.15) is 9.40 Å². The van der Waals surface area contributed by atoms with Gasteiger partial charge in [0.05, 0.1) is 16.3 Å². The average Bonchev–Trinajstić information content (AvgIpc) is 3.27. The van der Waals surface area contributed by atoms with Gasteiger partial charge in [-0.05, 0) is 19.1 Å². The van der Waals surface area contributed by atoms with E-state index in [1.807, 2.05) is 31.2 Å². The summed E-state index contributed by atoms with van der Waals surface area (Å²) in [6.07, 6.45) is 1.49. The summed E-state index contributed by atoms with van der Waals surface area (Å²) in [7, 11) is -2.24. The first-order valence-electron chi connectivity index (χ1n) is 9.13. The molecule has 2 saturated heterocycles. The summed E-state index contributed by atoms with van der Waals surface area (Å²) in [6, 6.07) is 7.66. The Morgan fingerprint density at radius 2 is 1.82 bits per heavy atom. The van der Waals surface area contributed by atoms with E-state index in [4.69, 9.17) is 11.6 Å². The fourth-order valence-electron chi connectivity index (χ4n) is 3.48. The van der Waals surface area contributed by atoms with Crippen LogP contribution < -0.4 is 4.90 Å². The molecule has 3 heterocycles. The summed E-state index contributed by atoms with van der Waals surface area (Å²) in [6.45, 7) is 4.21. The van der Waals surface area contributed by atoms with E-state index in [9.17, 15) is 13.2 Å². The molecule has 0 saturated carbocycles. The highest BCUT2D eigenvalue weighted by atomic mass is 35.5. The second-order valence-corrected chi connectivity index (χ2v) is 9.43. The molecule has 2 aromatic rings. The monoisotopic (exact) mass is 423 g/mol. The van der Waals surface area contributed by atoms with Gasteiger partial charge in [0.1, 0.15) is 0 Å². The zero-order chi connectivity index (χ0) is 20.1. The number of sulfonamides is 1. The Morgan fingerprint density at radius 1 is 1.18 bits per heavy atom. The van der Waals surface area contributed by atoms with Gasteiger partial charge in [0.2, 0.25) is 5.03 Å². The largest absolute Gasteiger partial charge is 0.368 e. The lowest BCUT2D eigenvalue weighted by Gasteiger charge is -2.35. The highest BCUT2D eigenvalue weighted by Gasteiger charge is 2.40. The Morgan fingerprint density at radius 3 is 2.43 bits per heavy atom. The molecule has 150 valence electrons. The zero-order valence-electron chi connectivity index (χ0n) is 15.7. The Kier molecular flexibility index (Phi) is 4.84. The first kappa shape index (κ1) is 19.2. The Balaban J connectivity index is 1.54. The standard InChI is InChI=1S/C18H22ClN5O3S/c1-13-11-24(13)18(25)14-12-21(2)20-17(14)28(26,27)23-9-7-22(8-10-23)16-6-4-3-5-15(16)19/h3-6,12-13H,7-11H2,1-2H3/t13-,24?/m1/s1. The number of piperazine rings is 1. The number of nitrogens with zero attached hydrogens (tertiary/aromatic N) is 5. The topological polar surface area (TPSA) is 78.5 Å². The molecule has 0 N–H and O–H groups in total. The molecular formula is C18H22ClN5O3S. The van der Waals surface area contributed by atoms with E-state index in [2.05, 4.69) is 10.00 Å². The lowest BCUT2D eigenvalue weighted by molar-refractivity contribution is 0.0872. The summed E-state index contributed by atoms with van der Waals surface area (Å²) in [5, 5.41) is 4.59. The van der Waals surface area contributed by atoms with Crippen molar-refractivity contribution in [1.82, 2.24) is 19.0 Å². The van der Waals surface area contributed by atoms with Gasteiger partial charge in [-0.25, -0.2) is 8.42 Å². The van der Waals surface area contributed by atoms with Crippen LogP contribution in [0.1, 0.15) is 17.3 Å². The van der Waals surface area contributed by atoms with Crippen molar-refractivity contribution in [2.75, 3.05) is 37.6 Å². The Labute approximate surface area is 169 Å². The second-order valence-electron chi connectivity index (χ2n) is 7.17. The summed E-state index contributed by atoms with van der Waals surface area (Å²) >= 11 is 6.26. The fourth-order valence-corrected chi connectivity index (χ4v) is 5.27. The predicted molar refractivity (Wildman–Crippen MR) is 106 cm³/mol. The lowest BCUT2D eigenvalue weighted by atomic mass is 10.2. The van der Waals surface area contributed by atoms with Crippen molar-refractivity contribution in [3.8, 4) is 0 Å². The van der Waals surface area contributed by atoms with Crippen LogP contribution in [0.4, 0.5) is 5.69 Å². The molecule has 2 aliphatic rings. The van der Waals surface area contributed by atoms with Crippen molar-refractivity contribution in [3.63, 3.8) is 0 Å². The van der Waals surface area contributed by atoms with Crippen molar-refractivity contribution in [2.45, 2.75) is 18.0 Å². The number of aromatic nitrogens is 2. The first-order chi connectivity index (χ1) is 13.3. The van der Waals surface area contributed by atoms with E-state index >= 15 is 0 Å². The second kappa shape index (κ2) is 7.06. The molecule has 4 rings (SSSR count). The predicted octanol–water partition coefficient (Wildman–Crippen LogP) is 1.43. The summed E-state index contributed by atoms with van der Waals surface area (Å²) < 4.78 is 29.2. The normalized spacial score (nSPS) is 20.5. The van der Waals surface area contributed by atoms with E-state index in [0.717, 1.165) is 5.69 Å². The van der Waals surface area contributed by atoms with E-state index in [1.54, 1.807) is 11.9 Å². The van der Waals surface area contributed by atoms with Crippen LogP contribution in [0.3, 0.4) is 0 Å². The SMILES string of the molecule is C[C@@H]1CN1C(=O)c1cn(C)nc1S(=O)(=O)N1CCN(c2ccccc2Cl)CC1. The number of rotatable bonds is 4. The number of hydrogen-bond donors (Lipinski definition) is 0. The molecule has 2 fully saturated rings. The van der Waals surface area contributed by atoms with Gasteiger partial charge in [0.15, 0.2) is 0 Å². The van der Waals surface area contributed by atoms with Crippen molar-refractivity contribution in [1.29, 1.82) is 0 Å². The number of carbonyl (C=O) groups is 1. The minimum Gasteiger partial charge on any atom is -0.368 e. The van der Waals surface area contributed by atoms with Gasteiger partial charge >= 0.3 is 0 Å². The highest BCUT2D eigenvalue weighted by Crippen LogP contribution is 2.29. The van der Waals surface area contributed by atoms with Crippen LogP contribution in [0.5, 0.6) is 0 Å². The molecule has 1 aromatic carbocycles. The van der Waals surface area contributed by atoms with Gasteiger partial charge in [-0.1, -0.05) is 23.7 Å². The minimum atomic E-state index is -3.86. The number of anilines is 1. The van der Waals surface area contributed by atoms with Gasteiger partial charge < -0.3 is 9.80 Å². The number of benzene rings is 1. The quantitative estimate of drug-likeness (QED) is 0.695. The van der Waals surface area contributed by atoms with Crippen LogP contribution in [-0.4, -0.2) is 72.1 Å². The maximum Gasteiger partial charge on any atom is 0.263 e. The number of amides is 1. The molecule has 0 bridgehead atoms. The van der Waals surface area contributed by atoms with Crippen molar-refractivity contribution in [3.05, 3.63) is 41.0 Å². The number of aryl methyl sites for hydroxylation is 1. The van der Waals surface area contributed by atoms with Crippen LogP contribution in [0, 0.1) is 0 Å². The molecule has 2 aliphatic heterocycles. The minimum absolute atomic E-state index is 0.139. The van der Waals surface area contributed by atoms with Crippen LogP contribution in [-0.2, 0) is 17.1 Å². The maximum absolute atomic E-state index is 13.2. The zero-order valence-corrected chi connectivity index (χ0v) is 17.3. The van der Waals surface area contributed by atoms with Gasteiger partial charge in [0, 0.05) is 52.0 Å². The molecular weight excluding hydrogens is 402 g/mol. The third-order valence-corrected chi connectivity index (χ3v) is 7.32. The van der Waals surface area contributed by atoms with Gasteiger partial charge in [0.25, 0.3) is 15.9 Å².